The maximum atomic E-state index is 10.3. The quantitative estimate of drug-likeness (QED) is 0.444. The molecule has 58 valence electrons. The molecule has 1 saturated heterocycles. The molecule has 0 amide bonds. The fraction of sp³-hybridized carbons (Fsp3) is 0.833. The monoisotopic (exact) mass is 145 g/mol. The van der Waals surface area contributed by atoms with Crippen molar-refractivity contribution in [3.05, 3.63) is 0 Å². The molecule has 0 bridgehead atoms. The first-order chi connectivity index (χ1) is 4.63. The van der Waals surface area contributed by atoms with Gasteiger partial charge in [-0.2, -0.15) is 0 Å². The molecule has 1 rings (SSSR count). The zero-order valence-electron chi connectivity index (χ0n) is 5.74. The van der Waals surface area contributed by atoms with E-state index in [4.69, 9.17) is 5.11 Å². The Bertz CT molecular complexity index is 148. The normalized spacial score (nSPS) is 40.0. The van der Waals surface area contributed by atoms with Gasteiger partial charge in [-0.05, 0) is 5.92 Å². The molecular formula is C6H11NO3. The maximum absolute atomic E-state index is 10.3. The van der Waals surface area contributed by atoms with Gasteiger partial charge >= 0.3 is 5.97 Å². The third-order valence-corrected chi connectivity index (χ3v) is 1.85. The highest BCUT2D eigenvalue weighted by molar-refractivity contribution is 5.74. The number of carboxylic acids is 1. The Balaban J connectivity index is 2.57. The van der Waals surface area contributed by atoms with Gasteiger partial charge in [0.25, 0.3) is 0 Å². The Kier molecular flexibility index (Phi) is 1.92. The SMILES string of the molecule is C[C@H]1CN[C@H](C(=O)O)[C@H]1O. The van der Waals surface area contributed by atoms with E-state index in [0.29, 0.717) is 6.54 Å². The number of carbonyl (C=O) groups is 1. The molecule has 0 radical (unpaired) electrons. The highest BCUT2D eigenvalue weighted by Crippen LogP contribution is 2.13. The second kappa shape index (κ2) is 2.56. The molecule has 1 aliphatic heterocycles. The van der Waals surface area contributed by atoms with E-state index < -0.39 is 18.1 Å². The molecule has 1 aliphatic rings. The predicted octanol–water partition coefficient (Wildman–Crippen LogP) is -0.960. The van der Waals surface area contributed by atoms with Gasteiger partial charge in [-0.25, -0.2) is 0 Å². The van der Waals surface area contributed by atoms with Crippen LogP contribution < -0.4 is 5.32 Å². The summed E-state index contributed by atoms with van der Waals surface area (Å²) in [5.74, 6) is -0.932. The summed E-state index contributed by atoms with van der Waals surface area (Å²) in [5, 5.41) is 20.4. The van der Waals surface area contributed by atoms with E-state index in [9.17, 15) is 9.90 Å². The van der Waals surface area contributed by atoms with Crippen molar-refractivity contribution in [2.45, 2.75) is 19.1 Å². The van der Waals surface area contributed by atoms with Crippen LogP contribution in [0, 0.1) is 5.92 Å². The van der Waals surface area contributed by atoms with E-state index in [2.05, 4.69) is 5.32 Å². The van der Waals surface area contributed by atoms with Crippen LogP contribution in [-0.2, 0) is 4.79 Å². The van der Waals surface area contributed by atoms with Crippen LogP contribution in [0.25, 0.3) is 0 Å². The zero-order valence-corrected chi connectivity index (χ0v) is 5.74. The lowest BCUT2D eigenvalue weighted by Crippen LogP contribution is -2.38. The fourth-order valence-corrected chi connectivity index (χ4v) is 1.12. The van der Waals surface area contributed by atoms with Crippen molar-refractivity contribution in [2.75, 3.05) is 6.54 Å². The van der Waals surface area contributed by atoms with Crippen LogP contribution in [-0.4, -0.2) is 34.9 Å². The minimum absolute atomic E-state index is 0.0427. The average Bonchev–Trinajstić information content (AvgIpc) is 2.14. The summed E-state index contributed by atoms with van der Waals surface area (Å²) in [4.78, 5) is 10.3. The fourth-order valence-electron chi connectivity index (χ4n) is 1.12. The second-order valence-electron chi connectivity index (χ2n) is 2.69. The molecule has 0 aromatic carbocycles. The van der Waals surface area contributed by atoms with E-state index in [0.717, 1.165) is 0 Å². The lowest BCUT2D eigenvalue weighted by atomic mass is 10.0. The molecule has 3 atom stereocenters. The molecular weight excluding hydrogens is 134 g/mol. The minimum Gasteiger partial charge on any atom is -0.480 e. The number of carboxylic acid groups (broad SMARTS) is 1. The Morgan fingerprint density at radius 2 is 2.30 bits per heavy atom. The first kappa shape index (κ1) is 7.50. The molecule has 0 aromatic heterocycles. The van der Waals surface area contributed by atoms with Gasteiger partial charge in [-0.1, -0.05) is 6.92 Å². The summed E-state index contributed by atoms with van der Waals surface area (Å²) in [5.41, 5.74) is 0. The Morgan fingerprint density at radius 3 is 2.50 bits per heavy atom. The number of aliphatic hydroxyl groups excluding tert-OH is 1. The summed E-state index contributed by atoms with van der Waals surface area (Å²) in [6, 6.07) is -0.769. The summed E-state index contributed by atoms with van der Waals surface area (Å²) in [6.45, 7) is 2.40. The Morgan fingerprint density at radius 1 is 1.70 bits per heavy atom. The van der Waals surface area contributed by atoms with E-state index >= 15 is 0 Å². The van der Waals surface area contributed by atoms with Crippen molar-refractivity contribution in [3.63, 3.8) is 0 Å². The maximum Gasteiger partial charge on any atom is 0.323 e. The molecule has 0 unspecified atom stereocenters. The van der Waals surface area contributed by atoms with Crippen LogP contribution in [0.15, 0.2) is 0 Å². The largest absolute Gasteiger partial charge is 0.480 e. The van der Waals surface area contributed by atoms with Gasteiger partial charge in [0.05, 0.1) is 6.10 Å². The molecule has 0 aliphatic carbocycles. The first-order valence-electron chi connectivity index (χ1n) is 3.27. The summed E-state index contributed by atoms with van der Waals surface area (Å²) >= 11 is 0. The van der Waals surface area contributed by atoms with Crippen molar-refractivity contribution in [1.29, 1.82) is 0 Å². The van der Waals surface area contributed by atoms with Gasteiger partial charge in [0.15, 0.2) is 0 Å². The van der Waals surface area contributed by atoms with E-state index in [1.807, 2.05) is 6.92 Å². The van der Waals surface area contributed by atoms with Crippen LogP contribution in [0.4, 0.5) is 0 Å². The Hall–Kier alpha value is -0.610. The van der Waals surface area contributed by atoms with E-state index in [1.54, 1.807) is 0 Å². The van der Waals surface area contributed by atoms with Gasteiger partial charge in [-0.15, -0.1) is 0 Å². The van der Waals surface area contributed by atoms with E-state index in [-0.39, 0.29) is 5.92 Å². The predicted molar refractivity (Wildman–Crippen MR) is 34.6 cm³/mol. The molecule has 0 saturated carbocycles. The lowest BCUT2D eigenvalue weighted by molar-refractivity contribution is -0.141. The molecule has 1 fully saturated rings. The topological polar surface area (TPSA) is 69.6 Å². The van der Waals surface area contributed by atoms with Crippen molar-refractivity contribution >= 4 is 5.97 Å². The zero-order chi connectivity index (χ0) is 7.72. The third kappa shape index (κ3) is 1.12. The van der Waals surface area contributed by atoms with E-state index in [1.165, 1.54) is 0 Å². The molecule has 4 heteroatoms. The average molecular weight is 145 g/mol. The van der Waals surface area contributed by atoms with Crippen LogP contribution in [0.1, 0.15) is 6.92 Å². The number of aliphatic carboxylic acids is 1. The summed E-state index contributed by atoms with van der Waals surface area (Å²) in [6.07, 6.45) is -0.738. The number of aliphatic hydroxyl groups is 1. The van der Waals surface area contributed by atoms with Crippen LogP contribution >= 0.6 is 0 Å². The number of rotatable bonds is 1. The number of hydrogen-bond acceptors (Lipinski definition) is 3. The highest BCUT2D eigenvalue weighted by atomic mass is 16.4. The van der Waals surface area contributed by atoms with Gasteiger partial charge in [0, 0.05) is 6.54 Å². The van der Waals surface area contributed by atoms with Crippen LogP contribution in [0.2, 0.25) is 0 Å². The smallest absolute Gasteiger partial charge is 0.323 e. The third-order valence-electron chi connectivity index (χ3n) is 1.85. The van der Waals surface area contributed by atoms with Gasteiger partial charge < -0.3 is 15.5 Å². The molecule has 10 heavy (non-hydrogen) atoms. The number of hydrogen-bond donors (Lipinski definition) is 3. The highest BCUT2D eigenvalue weighted by Gasteiger charge is 2.35. The van der Waals surface area contributed by atoms with Crippen molar-refractivity contribution in [3.8, 4) is 0 Å². The molecule has 1 heterocycles. The van der Waals surface area contributed by atoms with Crippen molar-refractivity contribution in [2.24, 2.45) is 5.92 Å². The molecule has 0 spiro atoms. The van der Waals surface area contributed by atoms with Crippen molar-refractivity contribution in [1.82, 2.24) is 5.32 Å². The second-order valence-corrected chi connectivity index (χ2v) is 2.69. The van der Waals surface area contributed by atoms with Gasteiger partial charge in [-0.3, -0.25) is 4.79 Å². The van der Waals surface area contributed by atoms with Gasteiger partial charge in [0.1, 0.15) is 6.04 Å². The first-order valence-corrected chi connectivity index (χ1v) is 3.27. The lowest BCUT2D eigenvalue weighted by Gasteiger charge is -2.10. The summed E-state index contributed by atoms with van der Waals surface area (Å²) in [7, 11) is 0. The molecule has 0 aromatic rings. The Labute approximate surface area is 58.9 Å². The van der Waals surface area contributed by atoms with Crippen LogP contribution in [0.3, 0.4) is 0 Å². The minimum atomic E-state index is -0.975. The molecule has 3 N–H and O–H groups in total. The summed E-state index contributed by atoms with van der Waals surface area (Å²) < 4.78 is 0. The molecule has 4 nitrogen and oxygen atoms in total. The number of nitrogens with one attached hydrogen (secondary N) is 1. The van der Waals surface area contributed by atoms with Crippen LogP contribution in [0.5, 0.6) is 0 Å². The van der Waals surface area contributed by atoms with Gasteiger partial charge in [0.2, 0.25) is 0 Å². The van der Waals surface area contributed by atoms with Crippen molar-refractivity contribution < 1.29 is 15.0 Å². The standard InChI is InChI=1S/C6H11NO3/c1-3-2-7-4(5(3)8)6(9)10/h3-5,7-8H,2H2,1H3,(H,9,10)/t3-,4-,5-/m0/s1.